The van der Waals surface area contributed by atoms with E-state index in [1.807, 2.05) is 24.8 Å². The van der Waals surface area contributed by atoms with Gasteiger partial charge >= 0.3 is 0 Å². The van der Waals surface area contributed by atoms with E-state index < -0.39 is 6.57 Å². The van der Waals surface area contributed by atoms with Gasteiger partial charge < -0.3 is 9.63 Å². The van der Waals surface area contributed by atoms with Crippen LogP contribution in [0.5, 0.6) is 11.5 Å². The number of hydrogen-bond donors (Lipinski definition) is 2. The summed E-state index contributed by atoms with van der Waals surface area (Å²) >= 11 is 9.40. The van der Waals surface area contributed by atoms with E-state index in [2.05, 4.69) is 47.0 Å². The van der Waals surface area contributed by atoms with Gasteiger partial charge in [-0.3, -0.25) is 0 Å². The molecule has 2 N–H and O–H groups in total. The van der Waals surface area contributed by atoms with E-state index in [4.69, 9.17) is 16.3 Å². The normalized spacial score (nSPS) is 19.1. The second-order valence-electron chi connectivity index (χ2n) is 8.05. The lowest BCUT2D eigenvalue weighted by Gasteiger charge is -2.32. The molecule has 0 saturated carbocycles. The van der Waals surface area contributed by atoms with Crippen LogP contribution in [0.2, 0.25) is 0 Å². The molecule has 0 fully saturated rings. The third kappa shape index (κ3) is 7.07. The number of halogens is 1. The van der Waals surface area contributed by atoms with Crippen LogP contribution in [-0.2, 0) is 18.2 Å². The highest BCUT2D eigenvalue weighted by atomic mass is 79.9. The first-order valence-electron chi connectivity index (χ1n) is 10.6. The largest absolute Gasteiger partial charge is 0.507 e. The zero-order valence-corrected chi connectivity index (χ0v) is 21.5. The minimum absolute atomic E-state index is 0.172. The first-order valence-corrected chi connectivity index (χ1v) is 14.4. The molecule has 29 heavy (non-hydrogen) atoms. The number of alkyl halides is 1. The maximum absolute atomic E-state index is 11.0. The first-order chi connectivity index (χ1) is 13.8. The van der Waals surface area contributed by atoms with Crippen molar-refractivity contribution in [3.63, 3.8) is 0 Å². The molecule has 2 rings (SSSR count). The molecule has 1 aliphatic carbocycles. The molecule has 1 aromatic carbocycles. The van der Waals surface area contributed by atoms with Gasteiger partial charge in [0.25, 0.3) is 0 Å². The van der Waals surface area contributed by atoms with Gasteiger partial charge in [0.05, 0.1) is 0 Å². The van der Waals surface area contributed by atoms with Crippen LogP contribution in [0.3, 0.4) is 0 Å². The fourth-order valence-electron chi connectivity index (χ4n) is 3.75. The first kappa shape index (κ1) is 24.9. The van der Waals surface area contributed by atoms with E-state index in [0.717, 1.165) is 60.9 Å². The molecule has 0 radical (unpaired) electrons. The molecule has 0 aromatic heterocycles. The van der Waals surface area contributed by atoms with Crippen LogP contribution >= 0.6 is 22.5 Å². The fraction of sp³-hybridized carbons (Fsp3) is 0.636. The van der Waals surface area contributed by atoms with Crippen molar-refractivity contribution in [2.75, 3.05) is 26.0 Å². The van der Waals surface area contributed by atoms with E-state index in [1.54, 1.807) is 0 Å². The van der Waals surface area contributed by atoms with Crippen molar-refractivity contribution in [3.05, 3.63) is 34.9 Å². The van der Waals surface area contributed by atoms with Crippen LogP contribution < -0.4 is 9.61 Å². The SMILES string of the molecule is CCCCCc1cc(O)c([C@@H]2C=C(C)CCC2)c(OP(=S)(NCCBr)N(C)C)c1. The number of hydrogen-bond acceptors (Lipinski definition) is 3. The predicted octanol–water partition coefficient (Wildman–Crippen LogP) is 6.49. The number of aryl methyl sites for hydroxylation is 1. The number of allylic oxidation sites excluding steroid dienone is 2. The summed E-state index contributed by atoms with van der Waals surface area (Å²) in [6, 6.07) is 4.05. The maximum atomic E-state index is 11.0. The van der Waals surface area contributed by atoms with Crippen LogP contribution in [0.15, 0.2) is 23.8 Å². The Balaban J connectivity index is 2.46. The Morgan fingerprint density at radius 3 is 2.72 bits per heavy atom. The molecule has 1 aliphatic rings. The third-order valence-electron chi connectivity index (χ3n) is 5.35. The van der Waals surface area contributed by atoms with Gasteiger partial charge in [-0.25, -0.2) is 9.76 Å². The highest BCUT2D eigenvalue weighted by Crippen LogP contribution is 2.50. The van der Waals surface area contributed by atoms with Crippen molar-refractivity contribution >= 4 is 34.3 Å². The van der Waals surface area contributed by atoms with Gasteiger partial charge in [-0.1, -0.05) is 47.3 Å². The Morgan fingerprint density at radius 2 is 2.10 bits per heavy atom. The molecule has 0 spiro atoms. The average Bonchev–Trinajstić information content (AvgIpc) is 2.66. The number of benzene rings is 1. The van der Waals surface area contributed by atoms with Crippen molar-refractivity contribution in [2.45, 2.75) is 64.7 Å². The molecule has 0 bridgehead atoms. The smallest absolute Gasteiger partial charge is 0.250 e. The number of rotatable bonds is 11. The summed E-state index contributed by atoms with van der Waals surface area (Å²) in [5.41, 5.74) is 3.38. The van der Waals surface area contributed by atoms with Gasteiger partial charge in [0.2, 0.25) is 6.57 Å². The van der Waals surface area contributed by atoms with Crippen molar-refractivity contribution < 1.29 is 9.63 Å². The fourth-order valence-corrected chi connectivity index (χ4v) is 6.09. The van der Waals surface area contributed by atoms with Crippen molar-refractivity contribution in [1.82, 2.24) is 9.76 Å². The minimum atomic E-state index is -2.44. The van der Waals surface area contributed by atoms with E-state index in [-0.39, 0.29) is 5.92 Å². The van der Waals surface area contributed by atoms with E-state index in [9.17, 15) is 5.11 Å². The summed E-state index contributed by atoms with van der Waals surface area (Å²) in [5.74, 6) is 1.25. The Bertz CT molecular complexity index is 755. The average molecular weight is 503 g/mol. The molecule has 164 valence electrons. The summed E-state index contributed by atoms with van der Waals surface area (Å²) in [6.07, 6.45) is 9.99. The summed E-state index contributed by atoms with van der Waals surface area (Å²) < 4.78 is 8.51. The molecular weight excluding hydrogens is 467 g/mol. The monoisotopic (exact) mass is 502 g/mol. The Kier molecular flexibility index (Phi) is 10.2. The summed E-state index contributed by atoms with van der Waals surface area (Å²) in [7, 11) is 3.91. The third-order valence-corrected chi connectivity index (χ3v) is 9.45. The minimum Gasteiger partial charge on any atom is -0.507 e. The number of aromatic hydroxyl groups is 1. The lowest BCUT2D eigenvalue weighted by Crippen LogP contribution is -2.26. The van der Waals surface area contributed by atoms with Crippen molar-refractivity contribution in [3.8, 4) is 11.5 Å². The lowest BCUT2D eigenvalue weighted by atomic mass is 9.84. The molecule has 4 nitrogen and oxygen atoms in total. The molecule has 0 heterocycles. The van der Waals surface area contributed by atoms with Gasteiger partial charge in [0, 0.05) is 23.4 Å². The summed E-state index contributed by atoms with van der Waals surface area (Å²) in [6.45, 7) is 2.67. The zero-order chi connectivity index (χ0) is 21.4. The van der Waals surface area contributed by atoms with Gasteiger partial charge in [-0.05, 0) is 82.6 Å². The van der Waals surface area contributed by atoms with Gasteiger partial charge in [-0.15, -0.1) is 0 Å². The number of phenols is 1. The molecule has 0 aliphatic heterocycles. The molecule has 1 unspecified atom stereocenters. The van der Waals surface area contributed by atoms with Crippen molar-refractivity contribution in [1.29, 1.82) is 0 Å². The molecule has 1 aromatic rings. The maximum Gasteiger partial charge on any atom is 0.250 e. The zero-order valence-electron chi connectivity index (χ0n) is 18.2. The predicted molar refractivity (Wildman–Crippen MR) is 132 cm³/mol. The summed E-state index contributed by atoms with van der Waals surface area (Å²) in [4.78, 5) is 0. The van der Waals surface area contributed by atoms with Gasteiger partial charge in [0.15, 0.2) is 0 Å². The van der Waals surface area contributed by atoms with Crippen LogP contribution in [0.1, 0.15) is 69.4 Å². The van der Waals surface area contributed by atoms with E-state index in [0.29, 0.717) is 5.75 Å². The topological polar surface area (TPSA) is 44.7 Å². The number of phenolic OH excluding ortho intramolecular Hbond substituents is 1. The highest BCUT2D eigenvalue weighted by molar-refractivity contribution is 9.09. The molecule has 0 saturated heterocycles. The molecule has 7 heteroatoms. The standard InChI is InChI=1S/C22H36BrN2O2PS/c1-5-6-7-10-18-15-20(26)22(19-11-8-9-17(2)14-19)21(16-18)27-28(29,25(3)4)24-13-12-23/h14-16,19,26H,5-13H2,1-4H3,(H,24,29)/t19-,28?/m0/s1. The Labute approximate surface area is 190 Å². The molecule has 0 amide bonds. The van der Waals surface area contributed by atoms with Crippen LogP contribution in [-0.4, -0.2) is 35.7 Å². The van der Waals surface area contributed by atoms with Gasteiger partial charge in [0.1, 0.15) is 11.5 Å². The second kappa shape index (κ2) is 11.9. The lowest BCUT2D eigenvalue weighted by molar-refractivity contribution is 0.446. The molecular formula is C22H36BrN2O2PS. The van der Waals surface area contributed by atoms with Crippen LogP contribution in [0, 0.1) is 0 Å². The number of unbranched alkanes of at least 4 members (excludes halogenated alkanes) is 2. The number of nitrogens with one attached hydrogen (secondary N) is 1. The Hall–Kier alpha value is -0.390. The quantitative estimate of drug-likeness (QED) is 0.157. The molecule has 2 atom stereocenters. The van der Waals surface area contributed by atoms with Gasteiger partial charge in [-0.2, -0.15) is 0 Å². The van der Waals surface area contributed by atoms with Crippen LogP contribution in [0.4, 0.5) is 0 Å². The van der Waals surface area contributed by atoms with E-state index in [1.165, 1.54) is 18.4 Å². The highest BCUT2D eigenvalue weighted by Gasteiger charge is 2.28. The Morgan fingerprint density at radius 1 is 1.34 bits per heavy atom. The second-order valence-corrected chi connectivity index (χ2v) is 12.7. The number of nitrogens with zero attached hydrogens (tertiary/aromatic N) is 1. The summed E-state index contributed by atoms with van der Waals surface area (Å²) in [5, 5.41) is 15.2. The van der Waals surface area contributed by atoms with Crippen LogP contribution in [0.25, 0.3) is 0 Å². The van der Waals surface area contributed by atoms with Crippen molar-refractivity contribution in [2.24, 2.45) is 0 Å². The van der Waals surface area contributed by atoms with E-state index >= 15 is 0 Å².